The van der Waals surface area contributed by atoms with Crippen LogP contribution in [0.4, 0.5) is 0 Å². The molecule has 3 heteroatoms. The molecule has 3 nitrogen and oxygen atoms in total. The van der Waals surface area contributed by atoms with Crippen LogP contribution in [0.25, 0.3) is 0 Å². The standard InChI is InChI=1S/C11H24N2O/c1-9(2)11-8-13(5)7-10(14-11)6-12(3)4/h9-11H,6-8H2,1-5H3. The Balaban J connectivity index is 2.45. The number of rotatable bonds is 3. The summed E-state index contributed by atoms with van der Waals surface area (Å²) in [5, 5.41) is 0. The molecule has 0 aliphatic carbocycles. The Morgan fingerprint density at radius 1 is 1.36 bits per heavy atom. The molecule has 0 aromatic rings. The average Bonchev–Trinajstić information content (AvgIpc) is 2.01. The fourth-order valence-electron chi connectivity index (χ4n) is 1.94. The second-order valence-electron chi connectivity index (χ2n) is 5.02. The molecule has 1 heterocycles. The van der Waals surface area contributed by atoms with Crippen molar-refractivity contribution in [2.75, 3.05) is 40.8 Å². The van der Waals surface area contributed by atoms with Gasteiger partial charge in [0.05, 0.1) is 12.2 Å². The van der Waals surface area contributed by atoms with Gasteiger partial charge in [0.1, 0.15) is 0 Å². The zero-order chi connectivity index (χ0) is 10.7. The van der Waals surface area contributed by atoms with Crippen LogP contribution in [0.3, 0.4) is 0 Å². The van der Waals surface area contributed by atoms with Gasteiger partial charge in [0.25, 0.3) is 0 Å². The van der Waals surface area contributed by atoms with Crippen molar-refractivity contribution in [1.82, 2.24) is 9.80 Å². The number of likely N-dealkylation sites (N-methyl/N-ethyl adjacent to an activating group) is 2. The fourth-order valence-corrected chi connectivity index (χ4v) is 1.94. The minimum Gasteiger partial charge on any atom is -0.371 e. The zero-order valence-electron chi connectivity index (χ0n) is 10.2. The van der Waals surface area contributed by atoms with Gasteiger partial charge >= 0.3 is 0 Å². The summed E-state index contributed by atoms with van der Waals surface area (Å²) in [5.41, 5.74) is 0. The molecule has 0 spiro atoms. The second-order valence-corrected chi connectivity index (χ2v) is 5.02. The monoisotopic (exact) mass is 200 g/mol. The molecule has 2 atom stereocenters. The predicted octanol–water partition coefficient (Wildman–Crippen LogP) is 0.903. The van der Waals surface area contributed by atoms with Gasteiger partial charge in [-0.25, -0.2) is 0 Å². The van der Waals surface area contributed by atoms with Crippen molar-refractivity contribution in [3.05, 3.63) is 0 Å². The lowest BCUT2D eigenvalue weighted by molar-refractivity contribution is -0.102. The van der Waals surface area contributed by atoms with Gasteiger partial charge < -0.3 is 14.5 Å². The van der Waals surface area contributed by atoms with Crippen LogP contribution in [0.2, 0.25) is 0 Å². The van der Waals surface area contributed by atoms with E-state index >= 15 is 0 Å². The van der Waals surface area contributed by atoms with E-state index in [0.717, 1.165) is 19.6 Å². The predicted molar refractivity (Wildman–Crippen MR) is 59.6 cm³/mol. The van der Waals surface area contributed by atoms with E-state index < -0.39 is 0 Å². The van der Waals surface area contributed by atoms with E-state index in [0.29, 0.717) is 18.1 Å². The maximum absolute atomic E-state index is 6.05. The Hall–Kier alpha value is -0.120. The van der Waals surface area contributed by atoms with Crippen LogP contribution < -0.4 is 0 Å². The number of ether oxygens (including phenoxy) is 1. The number of nitrogens with zero attached hydrogens (tertiary/aromatic N) is 2. The molecule has 0 amide bonds. The maximum Gasteiger partial charge on any atom is 0.0832 e. The molecule has 1 rings (SSSR count). The van der Waals surface area contributed by atoms with Gasteiger partial charge in [-0.1, -0.05) is 13.8 Å². The maximum atomic E-state index is 6.05. The zero-order valence-corrected chi connectivity index (χ0v) is 10.2. The molecule has 1 aliphatic heterocycles. The van der Waals surface area contributed by atoms with E-state index in [1.165, 1.54) is 0 Å². The first-order chi connectivity index (χ1) is 6.49. The van der Waals surface area contributed by atoms with E-state index in [1.54, 1.807) is 0 Å². The van der Waals surface area contributed by atoms with Gasteiger partial charge in [0.2, 0.25) is 0 Å². The highest BCUT2D eigenvalue weighted by molar-refractivity contribution is 4.78. The first kappa shape index (κ1) is 12.0. The lowest BCUT2D eigenvalue weighted by Gasteiger charge is -2.38. The Morgan fingerprint density at radius 3 is 2.50 bits per heavy atom. The first-order valence-electron chi connectivity index (χ1n) is 5.47. The normalized spacial score (nSPS) is 30.2. The van der Waals surface area contributed by atoms with E-state index in [2.05, 4.69) is 44.8 Å². The van der Waals surface area contributed by atoms with Crippen molar-refractivity contribution in [3.8, 4) is 0 Å². The summed E-state index contributed by atoms with van der Waals surface area (Å²) in [4.78, 5) is 4.57. The van der Waals surface area contributed by atoms with Crippen molar-refractivity contribution in [1.29, 1.82) is 0 Å². The molecule has 1 aliphatic rings. The Morgan fingerprint density at radius 2 is 2.00 bits per heavy atom. The smallest absolute Gasteiger partial charge is 0.0832 e. The second kappa shape index (κ2) is 5.10. The summed E-state index contributed by atoms with van der Waals surface area (Å²) in [6, 6.07) is 0. The van der Waals surface area contributed by atoms with Crippen molar-refractivity contribution in [2.24, 2.45) is 5.92 Å². The van der Waals surface area contributed by atoms with Gasteiger partial charge in [-0.3, -0.25) is 0 Å². The number of hydrogen-bond acceptors (Lipinski definition) is 3. The van der Waals surface area contributed by atoms with Gasteiger partial charge in [-0.15, -0.1) is 0 Å². The molecule has 0 aromatic carbocycles. The summed E-state index contributed by atoms with van der Waals surface area (Å²) in [5.74, 6) is 0.613. The number of morpholine rings is 1. The van der Waals surface area contributed by atoms with Crippen LogP contribution in [-0.2, 0) is 4.74 Å². The van der Waals surface area contributed by atoms with E-state index in [1.807, 2.05) is 0 Å². The Labute approximate surface area is 88.0 Å². The summed E-state index contributed by atoms with van der Waals surface area (Å²) in [7, 11) is 6.38. The largest absolute Gasteiger partial charge is 0.371 e. The minimum absolute atomic E-state index is 0.371. The van der Waals surface area contributed by atoms with Crippen LogP contribution in [0.15, 0.2) is 0 Å². The lowest BCUT2D eigenvalue weighted by Crippen LogP contribution is -2.50. The minimum atomic E-state index is 0.371. The SMILES string of the molecule is CC(C)C1CN(C)CC(CN(C)C)O1. The van der Waals surface area contributed by atoms with Gasteiger partial charge in [0, 0.05) is 19.6 Å². The topological polar surface area (TPSA) is 15.7 Å². The fraction of sp³-hybridized carbons (Fsp3) is 1.00. The lowest BCUT2D eigenvalue weighted by atomic mass is 10.0. The van der Waals surface area contributed by atoms with Crippen molar-refractivity contribution < 1.29 is 4.74 Å². The molecule has 0 aromatic heterocycles. The molecule has 84 valence electrons. The molecular weight excluding hydrogens is 176 g/mol. The van der Waals surface area contributed by atoms with Gasteiger partial charge in [-0.2, -0.15) is 0 Å². The van der Waals surface area contributed by atoms with E-state index in [9.17, 15) is 0 Å². The molecule has 0 N–H and O–H groups in total. The highest BCUT2D eigenvalue weighted by atomic mass is 16.5. The van der Waals surface area contributed by atoms with E-state index in [-0.39, 0.29) is 0 Å². The van der Waals surface area contributed by atoms with Crippen LogP contribution >= 0.6 is 0 Å². The molecule has 0 bridgehead atoms. The van der Waals surface area contributed by atoms with E-state index in [4.69, 9.17) is 4.74 Å². The molecule has 1 fully saturated rings. The van der Waals surface area contributed by atoms with Crippen molar-refractivity contribution in [2.45, 2.75) is 26.1 Å². The quantitative estimate of drug-likeness (QED) is 0.673. The van der Waals surface area contributed by atoms with Gasteiger partial charge in [-0.05, 0) is 27.1 Å². The summed E-state index contributed by atoms with van der Waals surface area (Å²) in [6.45, 7) is 7.61. The van der Waals surface area contributed by atoms with Crippen molar-refractivity contribution in [3.63, 3.8) is 0 Å². The third kappa shape index (κ3) is 3.56. The van der Waals surface area contributed by atoms with Crippen LogP contribution in [0.1, 0.15) is 13.8 Å². The summed E-state index contributed by atoms with van der Waals surface area (Å²) < 4.78 is 6.05. The highest BCUT2D eigenvalue weighted by Gasteiger charge is 2.27. The third-order valence-corrected chi connectivity index (χ3v) is 2.69. The molecular formula is C11H24N2O. The average molecular weight is 200 g/mol. The van der Waals surface area contributed by atoms with Crippen LogP contribution in [0, 0.1) is 5.92 Å². The van der Waals surface area contributed by atoms with Crippen LogP contribution in [-0.4, -0.2) is 62.8 Å². The Bertz CT molecular complexity index is 169. The third-order valence-electron chi connectivity index (χ3n) is 2.69. The van der Waals surface area contributed by atoms with Gasteiger partial charge in [0.15, 0.2) is 0 Å². The Kier molecular flexibility index (Phi) is 4.35. The van der Waals surface area contributed by atoms with Crippen LogP contribution in [0.5, 0.6) is 0 Å². The highest BCUT2D eigenvalue weighted by Crippen LogP contribution is 2.16. The molecule has 0 radical (unpaired) electrons. The van der Waals surface area contributed by atoms with Crippen molar-refractivity contribution >= 4 is 0 Å². The number of hydrogen-bond donors (Lipinski definition) is 0. The first-order valence-corrected chi connectivity index (χ1v) is 5.47. The summed E-state index contributed by atoms with van der Waals surface area (Å²) >= 11 is 0. The molecule has 14 heavy (non-hydrogen) atoms. The summed E-state index contributed by atoms with van der Waals surface area (Å²) in [6.07, 6.45) is 0.773. The molecule has 0 saturated carbocycles. The molecule has 2 unspecified atom stereocenters. The molecule has 1 saturated heterocycles.